The van der Waals surface area contributed by atoms with Gasteiger partial charge in [0.2, 0.25) is 5.89 Å². The van der Waals surface area contributed by atoms with Gasteiger partial charge < -0.3 is 14.0 Å². The molecule has 0 aliphatic rings. The second-order valence-electron chi connectivity index (χ2n) is 4.15. The van der Waals surface area contributed by atoms with Gasteiger partial charge in [-0.25, -0.2) is 9.78 Å². The van der Waals surface area contributed by atoms with E-state index in [1.807, 2.05) is 30.3 Å². The molecule has 0 aliphatic heterocycles. The highest BCUT2D eigenvalue weighted by atomic mass is 16.5. The highest BCUT2D eigenvalue weighted by Gasteiger charge is 2.13. The Morgan fingerprint density at radius 2 is 2.05 bits per heavy atom. The van der Waals surface area contributed by atoms with Crippen LogP contribution in [0.15, 0.2) is 51.6 Å². The Hall–Kier alpha value is -2.89. The largest absolute Gasteiger partial charge is 0.476 e. The van der Waals surface area contributed by atoms with Crippen molar-refractivity contribution < 1.29 is 18.8 Å². The molecule has 100 valence electrons. The van der Waals surface area contributed by atoms with E-state index in [2.05, 4.69) is 10.1 Å². The molecule has 3 aromatic rings. The number of carboxylic acids is 1. The smallest absolute Gasteiger partial charge is 0.357 e. The summed E-state index contributed by atoms with van der Waals surface area (Å²) in [5.41, 5.74) is 1.54. The molecule has 20 heavy (non-hydrogen) atoms. The lowest BCUT2D eigenvalue weighted by Crippen LogP contribution is -1.96. The number of aromatic carboxylic acids is 1. The molecule has 0 aliphatic carbocycles. The number of hydrogen-bond donors (Lipinski definition) is 1. The van der Waals surface area contributed by atoms with Crippen molar-refractivity contribution in [1.82, 2.24) is 10.1 Å². The van der Waals surface area contributed by atoms with Gasteiger partial charge in [0, 0.05) is 11.6 Å². The van der Waals surface area contributed by atoms with E-state index in [4.69, 9.17) is 14.0 Å². The quantitative estimate of drug-likeness (QED) is 0.783. The lowest BCUT2D eigenvalue weighted by molar-refractivity contribution is 0.0690. The fraction of sp³-hybridized carbons (Fsp3) is 0.0714. The average molecular weight is 270 g/mol. The summed E-state index contributed by atoms with van der Waals surface area (Å²) in [7, 11) is 0. The number of nitrogens with zero attached hydrogens (tertiary/aromatic N) is 2. The molecule has 0 saturated carbocycles. The van der Waals surface area contributed by atoms with E-state index in [0.29, 0.717) is 11.5 Å². The van der Waals surface area contributed by atoms with Crippen molar-refractivity contribution in [2.45, 2.75) is 6.42 Å². The first-order chi connectivity index (χ1) is 9.72. The van der Waals surface area contributed by atoms with Crippen LogP contribution in [0.4, 0.5) is 0 Å². The zero-order valence-electron chi connectivity index (χ0n) is 10.3. The molecule has 0 spiro atoms. The molecule has 2 aromatic heterocycles. The minimum absolute atomic E-state index is 0.122. The van der Waals surface area contributed by atoms with Gasteiger partial charge in [0.1, 0.15) is 17.7 Å². The predicted molar refractivity (Wildman–Crippen MR) is 68.2 cm³/mol. The number of carboxylic acid groups (broad SMARTS) is 1. The van der Waals surface area contributed by atoms with Gasteiger partial charge in [-0.2, -0.15) is 0 Å². The maximum atomic E-state index is 10.7. The Morgan fingerprint density at radius 3 is 2.75 bits per heavy atom. The van der Waals surface area contributed by atoms with Crippen molar-refractivity contribution in [1.29, 1.82) is 0 Å². The van der Waals surface area contributed by atoms with Gasteiger partial charge in [0.05, 0.1) is 6.42 Å². The second kappa shape index (κ2) is 5.00. The molecule has 0 unspecified atom stereocenters. The van der Waals surface area contributed by atoms with Crippen molar-refractivity contribution in [3.05, 3.63) is 60.0 Å². The lowest BCUT2D eigenvalue weighted by atomic mass is 10.1. The SMILES string of the molecule is O=C(O)c1coc(Cc2cc(-c3ccccc3)no2)n1. The molecule has 0 bridgehead atoms. The van der Waals surface area contributed by atoms with Crippen LogP contribution in [0.2, 0.25) is 0 Å². The lowest BCUT2D eigenvalue weighted by Gasteiger charge is -1.91. The molecular formula is C14H10N2O4. The number of oxazole rings is 1. The number of hydrogen-bond acceptors (Lipinski definition) is 5. The highest BCUT2D eigenvalue weighted by molar-refractivity contribution is 5.84. The fourth-order valence-electron chi connectivity index (χ4n) is 1.78. The van der Waals surface area contributed by atoms with Crippen LogP contribution in [0.3, 0.4) is 0 Å². The van der Waals surface area contributed by atoms with Crippen LogP contribution in [0.5, 0.6) is 0 Å². The van der Waals surface area contributed by atoms with Crippen LogP contribution in [0, 0.1) is 0 Å². The average Bonchev–Trinajstić information content (AvgIpc) is 3.10. The molecule has 6 heteroatoms. The maximum Gasteiger partial charge on any atom is 0.357 e. The molecule has 0 atom stereocenters. The summed E-state index contributed by atoms with van der Waals surface area (Å²) in [5, 5.41) is 12.7. The van der Waals surface area contributed by atoms with Gasteiger partial charge in [0.25, 0.3) is 0 Å². The first kappa shape index (κ1) is 12.2. The van der Waals surface area contributed by atoms with Crippen molar-refractivity contribution in [3.63, 3.8) is 0 Å². The molecule has 0 saturated heterocycles. The summed E-state index contributed by atoms with van der Waals surface area (Å²) < 4.78 is 10.3. The van der Waals surface area contributed by atoms with Crippen LogP contribution >= 0.6 is 0 Å². The van der Waals surface area contributed by atoms with Crippen molar-refractivity contribution in [2.24, 2.45) is 0 Å². The molecule has 3 rings (SSSR count). The van der Waals surface area contributed by atoms with E-state index in [9.17, 15) is 4.79 Å². The van der Waals surface area contributed by atoms with Crippen LogP contribution in [-0.4, -0.2) is 21.2 Å². The Bertz CT molecular complexity index is 730. The molecule has 0 fully saturated rings. The predicted octanol–water partition coefficient (Wildman–Crippen LogP) is 2.62. The molecular weight excluding hydrogens is 260 g/mol. The molecule has 0 radical (unpaired) electrons. The van der Waals surface area contributed by atoms with Crippen LogP contribution < -0.4 is 0 Å². The first-order valence-electron chi connectivity index (χ1n) is 5.91. The third kappa shape index (κ3) is 2.44. The first-order valence-corrected chi connectivity index (χ1v) is 5.91. The number of rotatable bonds is 4. The van der Waals surface area contributed by atoms with Gasteiger partial charge in [-0.15, -0.1) is 0 Å². The third-order valence-electron chi connectivity index (χ3n) is 2.72. The second-order valence-corrected chi connectivity index (χ2v) is 4.15. The van der Waals surface area contributed by atoms with Crippen LogP contribution in [0.25, 0.3) is 11.3 Å². The van der Waals surface area contributed by atoms with E-state index in [1.54, 1.807) is 6.07 Å². The molecule has 1 N–H and O–H groups in total. The third-order valence-corrected chi connectivity index (χ3v) is 2.72. The standard InChI is InChI=1S/C14H10N2O4/c17-14(18)12-8-19-13(15-12)7-10-6-11(16-20-10)9-4-2-1-3-5-9/h1-6,8H,7H2,(H,17,18). The van der Waals surface area contributed by atoms with E-state index < -0.39 is 5.97 Å². The number of carbonyl (C=O) groups is 1. The monoisotopic (exact) mass is 270 g/mol. The minimum atomic E-state index is -1.12. The molecule has 2 heterocycles. The molecule has 1 aromatic carbocycles. The summed E-state index contributed by atoms with van der Waals surface area (Å²) in [6, 6.07) is 11.4. The van der Waals surface area contributed by atoms with Crippen molar-refractivity contribution >= 4 is 5.97 Å². The summed E-state index contributed by atoms with van der Waals surface area (Å²) in [6.07, 6.45) is 1.36. The van der Waals surface area contributed by atoms with Gasteiger partial charge in [0.15, 0.2) is 5.69 Å². The van der Waals surface area contributed by atoms with Crippen molar-refractivity contribution in [2.75, 3.05) is 0 Å². The Morgan fingerprint density at radius 1 is 1.25 bits per heavy atom. The Kier molecular flexibility index (Phi) is 3.04. The number of aromatic nitrogens is 2. The normalized spacial score (nSPS) is 10.6. The van der Waals surface area contributed by atoms with Gasteiger partial charge >= 0.3 is 5.97 Å². The van der Waals surface area contributed by atoms with E-state index in [0.717, 1.165) is 11.8 Å². The van der Waals surface area contributed by atoms with E-state index in [1.165, 1.54) is 0 Å². The number of benzene rings is 1. The Labute approximate surface area is 113 Å². The maximum absolute atomic E-state index is 10.7. The van der Waals surface area contributed by atoms with Gasteiger partial charge in [-0.3, -0.25) is 0 Å². The zero-order chi connectivity index (χ0) is 13.9. The van der Waals surface area contributed by atoms with Crippen molar-refractivity contribution in [3.8, 4) is 11.3 Å². The fourth-order valence-corrected chi connectivity index (χ4v) is 1.78. The van der Waals surface area contributed by atoms with Crippen LogP contribution in [-0.2, 0) is 6.42 Å². The summed E-state index contributed by atoms with van der Waals surface area (Å²) in [5.74, 6) is -0.289. The topological polar surface area (TPSA) is 89.4 Å². The summed E-state index contributed by atoms with van der Waals surface area (Å²) in [4.78, 5) is 14.5. The summed E-state index contributed by atoms with van der Waals surface area (Å²) >= 11 is 0. The zero-order valence-corrected chi connectivity index (χ0v) is 10.3. The molecule has 6 nitrogen and oxygen atoms in total. The van der Waals surface area contributed by atoms with E-state index >= 15 is 0 Å². The van der Waals surface area contributed by atoms with Gasteiger partial charge in [-0.1, -0.05) is 35.5 Å². The molecule has 0 amide bonds. The van der Waals surface area contributed by atoms with E-state index in [-0.39, 0.29) is 18.0 Å². The summed E-state index contributed by atoms with van der Waals surface area (Å²) in [6.45, 7) is 0. The Balaban J connectivity index is 1.78. The van der Waals surface area contributed by atoms with Crippen LogP contribution in [0.1, 0.15) is 22.1 Å². The highest BCUT2D eigenvalue weighted by Crippen LogP contribution is 2.20. The minimum Gasteiger partial charge on any atom is -0.476 e. The van der Waals surface area contributed by atoms with Gasteiger partial charge in [-0.05, 0) is 0 Å².